The summed E-state index contributed by atoms with van der Waals surface area (Å²) in [6.07, 6.45) is 0.525. The Balaban J connectivity index is 1.78. The summed E-state index contributed by atoms with van der Waals surface area (Å²) < 4.78 is 19.5. The highest BCUT2D eigenvalue weighted by atomic mass is 35.5. The van der Waals surface area contributed by atoms with E-state index in [9.17, 15) is 9.50 Å². The number of β-amino-alcohol motifs (C(OH)–C–C–N with tert-alkyl or cyclic N) is 1. The van der Waals surface area contributed by atoms with Crippen LogP contribution in [-0.4, -0.2) is 66.9 Å². The van der Waals surface area contributed by atoms with Crippen LogP contribution < -0.4 is 0 Å². The van der Waals surface area contributed by atoms with E-state index in [1.165, 1.54) is 6.07 Å². The van der Waals surface area contributed by atoms with Crippen molar-refractivity contribution in [3.63, 3.8) is 0 Å². The van der Waals surface area contributed by atoms with Gasteiger partial charge in [0, 0.05) is 43.4 Å². The van der Waals surface area contributed by atoms with Crippen LogP contribution in [0.2, 0.25) is 5.02 Å². The summed E-state index contributed by atoms with van der Waals surface area (Å²) in [6, 6.07) is 4.82. The minimum atomic E-state index is -0.466. The molecule has 1 unspecified atom stereocenters. The Kier molecular flexibility index (Phi) is 8.59. The third-order valence-electron chi connectivity index (χ3n) is 4.35. The Hall–Kier alpha value is -0.720. The molecule has 1 aliphatic rings. The maximum absolute atomic E-state index is 14.0. The summed E-state index contributed by atoms with van der Waals surface area (Å²) in [4.78, 5) is 4.48. The number of ether oxygens (including phenoxy) is 1. The highest BCUT2D eigenvalue weighted by Gasteiger charge is 2.19. The van der Waals surface area contributed by atoms with Gasteiger partial charge in [0.1, 0.15) is 5.82 Å². The number of aliphatic hydroxyl groups is 1. The van der Waals surface area contributed by atoms with Crippen molar-refractivity contribution in [3.8, 4) is 0 Å². The maximum atomic E-state index is 14.0. The summed E-state index contributed by atoms with van der Waals surface area (Å²) in [5, 5.41) is 10.6. The van der Waals surface area contributed by atoms with Crippen molar-refractivity contribution in [1.82, 2.24) is 9.80 Å². The number of rotatable bonds is 8. The monoisotopic (exact) mass is 372 g/mol. The van der Waals surface area contributed by atoms with E-state index in [0.717, 1.165) is 32.6 Å². The van der Waals surface area contributed by atoms with E-state index >= 15 is 0 Å². The molecule has 0 amide bonds. The summed E-state index contributed by atoms with van der Waals surface area (Å²) >= 11 is 6.13. The maximum Gasteiger partial charge on any atom is 0.129 e. The van der Waals surface area contributed by atoms with E-state index in [4.69, 9.17) is 16.3 Å². The van der Waals surface area contributed by atoms with Crippen molar-refractivity contribution in [1.29, 1.82) is 0 Å². The number of aliphatic hydroxyl groups excluding tert-OH is 1. The summed E-state index contributed by atoms with van der Waals surface area (Å²) in [5.41, 5.74) is 0.569. The normalized spacial score (nSPS) is 18.5. The molecule has 1 fully saturated rings. The third-order valence-corrected chi connectivity index (χ3v) is 4.71. The molecule has 1 atom stereocenters. The van der Waals surface area contributed by atoms with Gasteiger partial charge in [-0.1, -0.05) is 31.5 Å². The third kappa shape index (κ3) is 7.19. The van der Waals surface area contributed by atoms with E-state index in [1.54, 1.807) is 12.1 Å². The molecule has 1 aliphatic heterocycles. The molecular weight excluding hydrogens is 343 g/mol. The summed E-state index contributed by atoms with van der Waals surface area (Å²) in [7, 11) is 0. The van der Waals surface area contributed by atoms with Crippen LogP contribution in [-0.2, 0) is 11.3 Å². The lowest BCUT2D eigenvalue weighted by Gasteiger charge is -2.24. The number of hydrogen-bond acceptors (Lipinski definition) is 4. The van der Waals surface area contributed by atoms with E-state index in [0.29, 0.717) is 42.8 Å². The van der Waals surface area contributed by atoms with E-state index < -0.39 is 6.10 Å². The smallest absolute Gasteiger partial charge is 0.129 e. The largest absolute Gasteiger partial charge is 0.389 e. The standard InChI is InChI=1S/C19H30ClFN2O2/c1-15(2)13-25-14-16(24)11-22-7-4-8-23(10-9-22)12-17-18(20)5-3-6-19(17)21/h3,5-6,15-16,24H,4,7-14H2,1-2H3. The second-order valence-electron chi connectivity index (χ2n) is 7.22. The first kappa shape index (κ1) is 20.6. The van der Waals surface area contributed by atoms with Crippen molar-refractivity contribution in [2.75, 3.05) is 45.9 Å². The van der Waals surface area contributed by atoms with Gasteiger partial charge in [0.25, 0.3) is 0 Å². The van der Waals surface area contributed by atoms with E-state index in [2.05, 4.69) is 23.6 Å². The lowest BCUT2D eigenvalue weighted by atomic mass is 10.2. The molecular formula is C19H30ClFN2O2. The Morgan fingerprint density at radius 3 is 2.60 bits per heavy atom. The molecule has 6 heteroatoms. The average Bonchev–Trinajstić information content (AvgIpc) is 2.76. The fourth-order valence-electron chi connectivity index (χ4n) is 3.06. The van der Waals surface area contributed by atoms with Crippen LogP contribution in [0.1, 0.15) is 25.8 Å². The number of hydrogen-bond donors (Lipinski definition) is 1. The molecule has 2 rings (SSSR count). The Morgan fingerprint density at radius 2 is 1.88 bits per heavy atom. The van der Waals surface area contributed by atoms with Gasteiger partial charge in [-0.2, -0.15) is 0 Å². The van der Waals surface area contributed by atoms with Gasteiger partial charge < -0.3 is 9.84 Å². The molecule has 0 spiro atoms. The number of nitrogens with zero attached hydrogens (tertiary/aromatic N) is 2. The molecule has 0 radical (unpaired) electrons. The highest BCUT2D eigenvalue weighted by molar-refractivity contribution is 6.31. The fourth-order valence-corrected chi connectivity index (χ4v) is 3.29. The van der Waals surface area contributed by atoms with Crippen LogP contribution >= 0.6 is 11.6 Å². The minimum absolute atomic E-state index is 0.244. The SMILES string of the molecule is CC(C)COCC(O)CN1CCCN(Cc2c(F)cccc2Cl)CC1. The molecule has 1 saturated heterocycles. The zero-order chi connectivity index (χ0) is 18.2. The molecule has 1 N–H and O–H groups in total. The zero-order valence-corrected chi connectivity index (χ0v) is 16.0. The van der Waals surface area contributed by atoms with Crippen molar-refractivity contribution in [3.05, 3.63) is 34.6 Å². The predicted molar refractivity (Wildman–Crippen MR) is 99.4 cm³/mol. The molecule has 0 saturated carbocycles. The number of benzene rings is 1. The van der Waals surface area contributed by atoms with Gasteiger partial charge in [-0.15, -0.1) is 0 Å². The highest BCUT2D eigenvalue weighted by Crippen LogP contribution is 2.21. The lowest BCUT2D eigenvalue weighted by molar-refractivity contribution is 0.00874. The Bertz CT molecular complexity index is 510. The molecule has 0 aromatic heterocycles. The summed E-state index contributed by atoms with van der Waals surface area (Å²) in [6.45, 7) is 9.92. The van der Waals surface area contributed by atoms with Gasteiger partial charge in [-0.3, -0.25) is 9.80 Å². The molecule has 0 aliphatic carbocycles. The Morgan fingerprint density at radius 1 is 1.16 bits per heavy atom. The first-order valence-corrected chi connectivity index (χ1v) is 9.47. The van der Waals surface area contributed by atoms with Gasteiger partial charge in [0.2, 0.25) is 0 Å². The van der Waals surface area contributed by atoms with Crippen molar-refractivity contribution >= 4 is 11.6 Å². The van der Waals surface area contributed by atoms with Gasteiger partial charge >= 0.3 is 0 Å². The first-order chi connectivity index (χ1) is 12.0. The van der Waals surface area contributed by atoms with Gasteiger partial charge in [-0.05, 0) is 37.6 Å². The van der Waals surface area contributed by atoms with Gasteiger partial charge in [0.15, 0.2) is 0 Å². The fraction of sp³-hybridized carbons (Fsp3) is 0.684. The van der Waals surface area contributed by atoms with Crippen molar-refractivity contribution < 1.29 is 14.2 Å². The van der Waals surface area contributed by atoms with Crippen LogP contribution in [0.3, 0.4) is 0 Å². The van der Waals surface area contributed by atoms with E-state index in [-0.39, 0.29) is 5.82 Å². The zero-order valence-electron chi connectivity index (χ0n) is 15.3. The topological polar surface area (TPSA) is 35.9 Å². The first-order valence-electron chi connectivity index (χ1n) is 9.09. The predicted octanol–water partition coefficient (Wildman–Crippen LogP) is 3.02. The van der Waals surface area contributed by atoms with Crippen LogP contribution in [0.5, 0.6) is 0 Å². The quantitative estimate of drug-likeness (QED) is 0.761. The molecule has 4 nitrogen and oxygen atoms in total. The Labute approximate surface area is 155 Å². The molecule has 1 aromatic rings. The van der Waals surface area contributed by atoms with E-state index in [1.807, 2.05) is 0 Å². The van der Waals surface area contributed by atoms with Gasteiger partial charge in [0.05, 0.1) is 12.7 Å². The van der Waals surface area contributed by atoms with Crippen molar-refractivity contribution in [2.45, 2.75) is 32.9 Å². The average molecular weight is 373 g/mol. The summed E-state index contributed by atoms with van der Waals surface area (Å²) in [5.74, 6) is 0.232. The van der Waals surface area contributed by atoms with Crippen LogP contribution in [0, 0.1) is 11.7 Å². The second-order valence-corrected chi connectivity index (χ2v) is 7.62. The van der Waals surface area contributed by atoms with Gasteiger partial charge in [-0.25, -0.2) is 4.39 Å². The van der Waals surface area contributed by atoms with Crippen LogP contribution in [0.15, 0.2) is 18.2 Å². The van der Waals surface area contributed by atoms with Crippen LogP contribution in [0.25, 0.3) is 0 Å². The molecule has 1 heterocycles. The van der Waals surface area contributed by atoms with Crippen LogP contribution in [0.4, 0.5) is 4.39 Å². The molecule has 1 aromatic carbocycles. The second kappa shape index (κ2) is 10.4. The minimum Gasteiger partial charge on any atom is -0.389 e. The number of halogens is 2. The van der Waals surface area contributed by atoms with Crippen molar-refractivity contribution in [2.24, 2.45) is 5.92 Å². The molecule has 142 valence electrons. The molecule has 0 bridgehead atoms. The lowest BCUT2D eigenvalue weighted by Crippen LogP contribution is -2.37. The molecule has 25 heavy (non-hydrogen) atoms.